The molecule has 2 heterocycles. The second-order valence-electron chi connectivity index (χ2n) is 10.2. The molecule has 0 aromatic heterocycles. The molecule has 0 aromatic carbocycles. The predicted octanol–water partition coefficient (Wildman–Crippen LogP) is 4.27. The van der Waals surface area contributed by atoms with Crippen LogP contribution in [0.5, 0.6) is 0 Å². The van der Waals surface area contributed by atoms with E-state index in [4.69, 9.17) is 18.9 Å². The highest BCUT2D eigenvalue weighted by Crippen LogP contribution is 2.56. The molecule has 2 atom stereocenters. The minimum absolute atomic E-state index is 0.0581. The number of carbonyl (C=O) groups excluding carboxylic acids is 2. The third-order valence-corrected chi connectivity index (χ3v) is 6.74. The highest BCUT2D eigenvalue weighted by molar-refractivity contribution is 5.88. The molecule has 2 unspecified atom stereocenters. The van der Waals surface area contributed by atoms with E-state index >= 15 is 0 Å². The van der Waals surface area contributed by atoms with Crippen molar-refractivity contribution in [2.24, 2.45) is 5.92 Å². The van der Waals surface area contributed by atoms with Gasteiger partial charge in [0, 0.05) is 20.8 Å². The van der Waals surface area contributed by atoms with Crippen LogP contribution < -0.4 is 0 Å². The summed E-state index contributed by atoms with van der Waals surface area (Å²) in [5, 5.41) is 0. The number of hydrogen-bond donors (Lipinski definition) is 0. The van der Waals surface area contributed by atoms with Crippen molar-refractivity contribution < 1.29 is 28.5 Å². The fourth-order valence-corrected chi connectivity index (χ4v) is 5.65. The Kier molecular flexibility index (Phi) is 11.5. The lowest BCUT2D eigenvalue weighted by atomic mass is 9.83. The summed E-state index contributed by atoms with van der Waals surface area (Å²) in [4.78, 5) is 35.1. The van der Waals surface area contributed by atoms with Gasteiger partial charge in [0.2, 0.25) is 0 Å². The second kappa shape index (κ2) is 13.6. The van der Waals surface area contributed by atoms with Crippen LogP contribution in [0.1, 0.15) is 67.2 Å². The van der Waals surface area contributed by atoms with Crippen LogP contribution in [0.2, 0.25) is 0 Å². The highest BCUT2D eigenvalue weighted by Gasteiger charge is 2.77. The average Bonchev–Trinajstić information content (AvgIpc) is 3.11. The molecular weight excluding hydrogens is 464 g/mol. The summed E-state index contributed by atoms with van der Waals surface area (Å²) in [6.07, 6.45) is 6.72. The number of hydrogen-bond acceptors (Lipinski definition) is 6. The Morgan fingerprint density at radius 2 is 1.22 bits per heavy atom. The number of ether oxygens (including phenoxy) is 4. The summed E-state index contributed by atoms with van der Waals surface area (Å²) in [6.45, 7) is 13.9. The number of nitrogens with zero attached hydrogens (tertiary/aromatic N) is 4. The van der Waals surface area contributed by atoms with Gasteiger partial charge in [-0.05, 0) is 32.6 Å². The molecule has 0 radical (unpaired) electrons. The molecule has 2 aliphatic rings. The maximum Gasteiger partial charge on any atom is 0.327 e. The van der Waals surface area contributed by atoms with E-state index in [1.807, 2.05) is 30.9 Å². The fraction of sp³-hybridized carbons (Fsp3) is 0.846. The van der Waals surface area contributed by atoms with Crippen molar-refractivity contribution in [2.75, 3.05) is 54.2 Å². The number of methoxy groups -OCH3 is 2. The molecule has 10 nitrogen and oxygen atoms in total. The monoisotopic (exact) mass is 512 g/mol. The Morgan fingerprint density at radius 3 is 1.69 bits per heavy atom. The van der Waals surface area contributed by atoms with Crippen molar-refractivity contribution in [3.05, 3.63) is 12.2 Å². The minimum atomic E-state index is -0.959. The van der Waals surface area contributed by atoms with Crippen LogP contribution in [0.4, 0.5) is 9.59 Å². The molecule has 0 N–H and O–H groups in total. The van der Waals surface area contributed by atoms with E-state index in [-0.39, 0.29) is 44.3 Å². The molecule has 2 saturated heterocycles. The molecule has 36 heavy (non-hydrogen) atoms. The normalized spacial score (nSPS) is 24.5. The Balaban J connectivity index is 2.54. The zero-order chi connectivity index (χ0) is 26.9. The lowest BCUT2D eigenvalue weighted by Crippen LogP contribution is -2.68. The van der Waals surface area contributed by atoms with Crippen LogP contribution in [0, 0.1) is 5.92 Å². The van der Waals surface area contributed by atoms with Crippen molar-refractivity contribution in [3.8, 4) is 0 Å². The van der Waals surface area contributed by atoms with Crippen molar-refractivity contribution in [2.45, 2.75) is 84.7 Å². The number of rotatable bonds is 17. The summed E-state index contributed by atoms with van der Waals surface area (Å²) < 4.78 is 22.6. The summed E-state index contributed by atoms with van der Waals surface area (Å²) in [6, 6.07) is -0.329. The third-order valence-electron chi connectivity index (χ3n) is 6.74. The van der Waals surface area contributed by atoms with Crippen LogP contribution in [0.25, 0.3) is 0 Å². The maximum absolute atomic E-state index is 14.1. The van der Waals surface area contributed by atoms with Gasteiger partial charge in [-0.1, -0.05) is 52.7 Å². The first kappa shape index (κ1) is 30.3. The van der Waals surface area contributed by atoms with Gasteiger partial charge in [0.25, 0.3) is 0 Å². The van der Waals surface area contributed by atoms with Crippen LogP contribution in [0.15, 0.2) is 12.2 Å². The Morgan fingerprint density at radius 1 is 0.750 bits per heavy atom. The molecule has 0 spiro atoms. The standard InChI is InChI=1S/C26H48N4O6/c1-9-13-25-26(14-10-2,29(19-34-8)24(32)28(25)18-33-7)30(23(31)27(25)17-21(3)4)20-35-15-11-12-16-36-22(5)6/h11-12,21-22H,9-10,13-20H2,1-8H3. The summed E-state index contributed by atoms with van der Waals surface area (Å²) >= 11 is 0. The second-order valence-corrected chi connectivity index (χ2v) is 10.2. The van der Waals surface area contributed by atoms with Crippen LogP contribution in [-0.2, 0) is 18.9 Å². The van der Waals surface area contributed by atoms with E-state index in [0.717, 1.165) is 12.8 Å². The minimum Gasteiger partial charge on any atom is -0.375 e. The Hall–Kier alpha value is -1.88. The maximum atomic E-state index is 14.1. The summed E-state index contributed by atoms with van der Waals surface area (Å²) in [7, 11) is 3.15. The first-order chi connectivity index (χ1) is 17.2. The first-order valence-electron chi connectivity index (χ1n) is 13.2. The van der Waals surface area contributed by atoms with E-state index < -0.39 is 11.3 Å². The quantitative estimate of drug-likeness (QED) is 0.214. The van der Waals surface area contributed by atoms with Gasteiger partial charge in [0.05, 0.1) is 19.3 Å². The summed E-state index contributed by atoms with van der Waals surface area (Å²) in [5.74, 6) is 0.211. The molecular formula is C26H48N4O6. The molecule has 10 heteroatoms. The largest absolute Gasteiger partial charge is 0.375 e. The third kappa shape index (κ3) is 5.51. The zero-order valence-electron chi connectivity index (χ0n) is 23.6. The highest BCUT2D eigenvalue weighted by atomic mass is 16.5. The molecule has 2 aliphatic heterocycles. The van der Waals surface area contributed by atoms with Crippen LogP contribution >= 0.6 is 0 Å². The lowest BCUT2D eigenvalue weighted by molar-refractivity contribution is -0.131. The van der Waals surface area contributed by atoms with Gasteiger partial charge in [-0.2, -0.15) is 0 Å². The van der Waals surface area contributed by atoms with Gasteiger partial charge in [-0.3, -0.25) is 19.6 Å². The Bertz CT molecular complexity index is 748. The lowest BCUT2D eigenvalue weighted by Gasteiger charge is -2.50. The van der Waals surface area contributed by atoms with Gasteiger partial charge in [-0.25, -0.2) is 9.59 Å². The topological polar surface area (TPSA) is 84.0 Å². The first-order valence-corrected chi connectivity index (χ1v) is 13.2. The zero-order valence-corrected chi connectivity index (χ0v) is 23.6. The van der Waals surface area contributed by atoms with Crippen molar-refractivity contribution in [1.29, 1.82) is 0 Å². The Labute approximate surface area is 217 Å². The molecule has 0 aromatic rings. The van der Waals surface area contributed by atoms with Gasteiger partial charge in [0.15, 0.2) is 11.3 Å². The van der Waals surface area contributed by atoms with E-state index in [2.05, 4.69) is 27.7 Å². The van der Waals surface area contributed by atoms with E-state index in [9.17, 15) is 9.59 Å². The van der Waals surface area contributed by atoms with Crippen LogP contribution in [-0.4, -0.2) is 103 Å². The van der Waals surface area contributed by atoms with E-state index in [0.29, 0.717) is 32.6 Å². The van der Waals surface area contributed by atoms with Gasteiger partial charge in [-0.15, -0.1) is 0 Å². The van der Waals surface area contributed by atoms with E-state index in [1.54, 1.807) is 28.9 Å². The molecule has 0 aliphatic carbocycles. The fourth-order valence-electron chi connectivity index (χ4n) is 5.65. The number of amides is 4. The number of carbonyl (C=O) groups is 2. The van der Waals surface area contributed by atoms with E-state index in [1.165, 1.54) is 0 Å². The molecule has 0 bridgehead atoms. The number of urea groups is 2. The van der Waals surface area contributed by atoms with Gasteiger partial charge < -0.3 is 18.9 Å². The SMILES string of the molecule is CCCC12N(COC)C(=O)N(COC)C1(CCC)N(CC(C)C)C(=O)N2COCC=CCOC(C)C. The predicted molar refractivity (Wildman–Crippen MR) is 138 cm³/mol. The molecule has 4 amide bonds. The van der Waals surface area contributed by atoms with Crippen molar-refractivity contribution in [3.63, 3.8) is 0 Å². The molecule has 2 fully saturated rings. The average molecular weight is 513 g/mol. The van der Waals surface area contributed by atoms with Gasteiger partial charge in [0.1, 0.15) is 20.2 Å². The van der Waals surface area contributed by atoms with Crippen molar-refractivity contribution >= 4 is 12.1 Å². The van der Waals surface area contributed by atoms with Crippen molar-refractivity contribution in [1.82, 2.24) is 19.6 Å². The van der Waals surface area contributed by atoms with Crippen LogP contribution in [0.3, 0.4) is 0 Å². The smallest absolute Gasteiger partial charge is 0.327 e. The number of fused-ring (bicyclic) bond motifs is 1. The molecule has 208 valence electrons. The summed E-state index contributed by atoms with van der Waals surface area (Å²) in [5.41, 5.74) is -1.87. The molecule has 0 saturated carbocycles. The van der Waals surface area contributed by atoms with Gasteiger partial charge >= 0.3 is 12.1 Å². The molecule has 2 rings (SSSR count).